The lowest BCUT2D eigenvalue weighted by molar-refractivity contribution is -0.304. The van der Waals surface area contributed by atoms with Crippen LogP contribution in [0.25, 0.3) is 6.08 Å². The monoisotopic (exact) mass is 430 g/mol. The number of rotatable bonds is 9. The van der Waals surface area contributed by atoms with E-state index in [2.05, 4.69) is 0 Å². The average Bonchev–Trinajstić information content (AvgIpc) is 2.75. The highest BCUT2D eigenvalue weighted by Gasteiger charge is 2.44. The number of phenols is 1. The van der Waals surface area contributed by atoms with Crippen molar-refractivity contribution < 1.29 is 54.4 Å². The summed E-state index contributed by atoms with van der Waals surface area (Å²) in [6, 6.07) is 4.48. The fraction of sp³-hybridized carbons (Fsp3) is 0.526. The quantitative estimate of drug-likeness (QED) is 0.191. The van der Waals surface area contributed by atoms with E-state index in [-0.39, 0.29) is 11.5 Å². The molecule has 6 N–H and O–H groups in total. The van der Waals surface area contributed by atoms with Crippen molar-refractivity contribution in [2.45, 2.75) is 36.8 Å². The predicted octanol–water partition coefficient (Wildman–Crippen LogP) is -1.87. The molecule has 30 heavy (non-hydrogen) atoms. The zero-order valence-corrected chi connectivity index (χ0v) is 16.2. The van der Waals surface area contributed by atoms with Crippen LogP contribution >= 0.6 is 0 Å². The van der Waals surface area contributed by atoms with Gasteiger partial charge in [0.25, 0.3) is 0 Å². The van der Waals surface area contributed by atoms with Gasteiger partial charge in [0.2, 0.25) is 0 Å². The molecule has 6 atom stereocenters. The van der Waals surface area contributed by atoms with Crippen LogP contribution in [0.1, 0.15) is 5.56 Å². The van der Waals surface area contributed by atoms with E-state index in [0.29, 0.717) is 5.56 Å². The van der Waals surface area contributed by atoms with E-state index in [9.17, 15) is 30.3 Å². The first-order valence-corrected chi connectivity index (χ1v) is 9.08. The molecule has 1 aromatic rings. The van der Waals surface area contributed by atoms with Crippen molar-refractivity contribution in [3.63, 3.8) is 0 Å². The largest absolute Gasteiger partial charge is 0.504 e. The number of esters is 1. The number of ether oxygens (including phenoxy) is 4. The number of aliphatic hydroxyl groups excluding tert-OH is 5. The molecule has 168 valence electrons. The maximum absolute atomic E-state index is 11.8. The number of aromatic hydroxyl groups is 1. The summed E-state index contributed by atoms with van der Waals surface area (Å²) in [7, 11) is 1.39. The summed E-state index contributed by atoms with van der Waals surface area (Å²) in [5.74, 6) is -0.542. The number of carbonyl (C=O) groups excluding carboxylic acids is 1. The van der Waals surface area contributed by atoms with Crippen LogP contribution in [0.5, 0.6) is 11.5 Å². The summed E-state index contributed by atoms with van der Waals surface area (Å²) in [4.78, 5) is 11.8. The van der Waals surface area contributed by atoms with Crippen LogP contribution in [0.4, 0.5) is 0 Å². The molecule has 0 unspecified atom stereocenters. The number of methoxy groups -OCH3 is 1. The Morgan fingerprint density at radius 2 is 1.93 bits per heavy atom. The molecule has 1 aromatic carbocycles. The molecule has 1 aliphatic heterocycles. The number of hydrogen-bond donors (Lipinski definition) is 6. The SMILES string of the molecule is COc1cc(/C=C/C(=O)OC[C@@H](O)CO[C@@H]2O[C@H](CO)[C@@H](O)[C@H](O)[C@H]2O)ccc1O. The van der Waals surface area contributed by atoms with Crippen molar-refractivity contribution in [2.75, 3.05) is 26.9 Å². The van der Waals surface area contributed by atoms with Crippen molar-refractivity contribution in [3.05, 3.63) is 29.8 Å². The summed E-state index contributed by atoms with van der Waals surface area (Å²) in [5, 5.41) is 57.7. The first-order valence-electron chi connectivity index (χ1n) is 9.08. The molecule has 1 heterocycles. The smallest absolute Gasteiger partial charge is 0.330 e. The predicted molar refractivity (Wildman–Crippen MR) is 100 cm³/mol. The van der Waals surface area contributed by atoms with Crippen LogP contribution in [-0.4, -0.2) is 100 Å². The van der Waals surface area contributed by atoms with E-state index in [1.807, 2.05) is 0 Å². The first-order chi connectivity index (χ1) is 14.3. The summed E-state index contributed by atoms with van der Waals surface area (Å²) in [6.45, 7) is -1.43. The zero-order valence-electron chi connectivity index (χ0n) is 16.2. The maximum atomic E-state index is 11.8. The molecule has 2 rings (SSSR count). The van der Waals surface area contributed by atoms with E-state index >= 15 is 0 Å². The second-order valence-corrected chi connectivity index (χ2v) is 6.58. The highest BCUT2D eigenvalue weighted by atomic mass is 16.7. The van der Waals surface area contributed by atoms with Crippen molar-refractivity contribution >= 4 is 12.0 Å². The Hall–Kier alpha value is -2.25. The Bertz CT molecular complexity index is 720. The molecule has 0 radical (unpaired) electrons. The zero-order chi connectivity index (χ0) is 22.3. The minimum Gasteiger partial charge on any atom is -0.504 e. The third kappa shape index (κ3) is 6.37. The number of carbonyl (C=O) groups is 1. The Morgan fingerprint density at radius 3 is 2.60 bits per heavy atom. The van der Waals surface area contributed by atoms with Crippen molar-refractivity contribution in [2.24, 2.45) is 0 Å². The van der Waals surface area contributed by atoms with Crippen LogP contribution < -0.4 is 4.74 Å². The van der Waals surface area contributed by atoms with Gasteiger partial charge in [-0.3, -0.25) is 0 Å². The van der Waals surface area contributed by atoms with Crippen LogP contribution in [0, 0.1) is 0 Å². The van der Waals surface area contributed by atoms with Gasteiger partial charge in [-0.1, -0.05) is 6.07 Å². The molecule has 0 amide bonds. The minimum absolute atomic E-state index is 0.0419. The van der Waals surface area contributed by atoms with Crippen LogP contribution in [-0.2, 0) is 19.0 Å². The van der Waals surface area contributed by atoms with Crippen LogP contribution in [0.2, 0.25) is 0 Å². The van der Waals surface area contributed by atoms with Crippen molar-refractivity contribution in [3.8, 4) is 11.5 Å². The lowest BCUT2D eigenvalue weighted by atomic mass is 9.99. The van der Waals surface area contributed by atoms with Gasteiger partial charge in [0.1, 0.15) is 37.1 Å². The molecule has 1 saturated heterocycles. The summed E-state index contributed by atoms with van der Waals surface area (Å²) >= 11 is 0. The molecular formula is C19H26O11. The van der Waals surface area contributed by atoms with Gasteiger partial charge in [-0.25, -0.2) is 4.79 Å². The second-order valence-electron chi connectivity index (χ2n) is 6.58. The molecule has 0 aromatic heterocycles. The van der Waals surface area contributed by atoms with Gasteiger partial charge in [0, 0.05) is 6.08 Å². The molecule has 0 saturated carbocycles. The average molecular weight is 430 g/mol. The number of aliphatic hydroxyl groups is 5. The molecule has 11 nitrogen and oxygen atoms in total. The second kappa shape index (κ2) is 11.2. The van der Waals surface area contributed by atoms with E-state index in [1.165, 1.54) is 25.3 Å². The molecule has 1 aliphatic rings. The third-order valence-corrected chi connectivity index (χ3v) is 4.33. The van der Waals surface area contributed by atoms with Crippen molar-refractivity contribution in [1.82, 2.24) is 0 Å². The Labute approximate surface area is 172 Å². The summed E-state index contributed by atoms with van der Waals surface area (Å²) < 4.78 is 20.1. The topological polar surface area (TPSA) is 175 Å². The molecule has 0 bridgehead atoms. The summed E-state index contributed by atoms with van der Waals surface area (Å²) in [6.07, 6.45) is -5.94. The lowest BCUT2D eigenvalue weighted by Gasteiger charge is -2.39. The highest BCUT2D eigenvalue weighted by molar-refractivity contribution is 5.87. The summed E-state index contributed by atoms with van der Waals surface area (Å²) in [5.41, 5.74) is 0.577. The van der Waals surface area contributed by atoms with E-state index in [0.717, 1.165) is 6.08 Å². The number of benzene rings is 1. The standard InChI is InChI=1S/C19H26O11/c1-27-13-6-10(2-4-12(13)22)3-5-15(23)28-8-11(21)9-29-19-18(26)17(25)16(24)14(7-20)30-19/h2-6,11,14,16-22,24-26H,7-9H2,1H3/b5-3+/t11-,14-,16-,17+,18-,19-/m1/s1. The molecule has 0 aliphatic carbocycles. The third-order valence-electron chi connectivity index (χ3n) is 4.33. The first kappa shape index (κ1) is 24.0. The van der Waals surface area contributed by atoms with Crippen LogP contribution in [0.15, 0.2) is 24.3 Å². The van der Waals surface area contributed by atoms with Gasteiger partial charge >= 0.3 is 5.97 Å². The van der Waals surface area contributed by atoms with Crippen LogP contribution in [0.3, 0.4) is 0 Å². The van der Waals surface area contributed by atoms with Gasteiger partial charge in [-0.15, -0.1) is 0 Å². The molecule has 11 heteroatoms. The van der Waals surface area contributed by atoms with Gasteiger partial charge in [-0.05, 0) is 23.8 Å². The highest BCUT2D eigenvalue weighted by Crippen LogP contribution is 2.26. The molecule has 0 spiro atoms. The maximum Gasteiger partial charge on any atom is 0.330 e. The van der Waals surface area contributed by atoms with Gasteiger partial charge in [0.05, 0.1) is 20.3 Å². The van der Waals surface area contributed by atoms with E-state index in [1.54, 1.807) is 6.07 Å². The van der Waals surface area contributed by atoms with Gasteiger partial charge in [0.15, 0.2) is 17.8 Å². The molecule has 1 fully saturated rings. The number of hydrogen-bond acceptors (Lipinski definition) is 11. The number of phenolic OH excluding ortho intramolecular Hbond substituents is 1. The molecular weight excluding hydrogens is 404 g/mol. The Balaban J connectivity index is 1.77. The fourth-order valence-electron chi connectivity index (χ4n) is 2.65. The normalized spacial score (nSPS) is 27.7. The van der Waals surface area contributed by atoms with Crippen molar-refractivity contribution in [1.29, 1.82) is 0 Å². The van der Waals surface area contributed by atoms with Gasteiger partial charge < -0.3 is 49.6 Å². The fourth-order valence-corrected chi connectivity index (χ4v) is 2.65. The van der Waals surface area contributed by atoms with E-state index < -0.39 is 62.6 Å². The Kier molecular flexibility index (Phi) is 8.99. The Morgan fingerprint density at radius 1 is 1.20 bits per heavy atom. The minimum atomic E-state index is -1.60. The van der Waals surface area contributed by atoms with Gasteiger partial charge in [-0.2, -0.15) is 0 Å². The van der Waals surface area contributed by atoms with E-state index in [4.69, 9.17) is 24.1 Å². The lowest BCUT2D eigenvalue weighted by Crippen LogP contribution is -2.59.